The van der Waals surface area contributed by atoms with E-state index in [9.17, 15) is 0 Å². The van der Waals surface area contributed by atoms with Crippen molar-refractivity contribution < 1.29 is 0 Å². The molecule has 1 heterocycles. The van der Waals surface area contributed by atoms with E-state index in [1.165, 1.54) is 71.0 Å². The predicted octanol–water partition coefficient (Wildman–Crippen LogP) is 7.56. The predicted molar refractivity (Wildman–Crippen MR) is 144 cm³/mol. The van der Waals surface area contributed by atoms with Crippen molar-refractivity contribution in [1.29, 1.82) is 0 Å². The fraction of sp³-hybridized carbons (Fsp3) is 1.00. The molecule has 1 aliphatic rings. The number of hydrogen-bond donors (Lipinski definition) is 0. The Bertz CT molecular complexity index is 397. The molecule has 1 saturated heterocycles. The average molecular weight is 471 g/mol. The summed E-state index contributed by atoms with van der Waals surface area (Å²) in [6.45, 7) is 23.6. The molecule has 179 valence electrons. The SMILES string of the molecule is CCCN1N(CCC)[Si](CCC)[Si](CCC)(CCC)[Si](CCC)(CCC)N1CCC. The lowest BCUT2D eigenvalue weighted by molar-refractivity contribution is -0.0983. The van der Waals surface area contributed by atoms with Crippen LogP contribution in [0, 0.1) is 0 Å². The molecular weight excluding hydrogens is 415 g/mol. The minimum Gasteiger partial charge on any atom is -0.255 e. The van der Waals surface area contributed by atoms with Gasteiger partial charge in [0.15, 0.2) is 0 Å². The topological polar surface area (TPSA) is 9.72 Å². The summed E-state index contributed by atoms with van der Waals surface area (Å²) in [5, 5.41) is 2.92. The van der Waals surface area contributed by atoms with Gasteiger partial charge < -0.3 is 0 Å². The van der Waals surface area contributed by atoms with Crippen LogP contribution in [-0.4, -0.2) is 57.4 Å². The minimum absolute atomic E-state index is 0.475. The van der Waals surface area contributed by atoms with Gasteiger partial charge in [0.05, 0.1) is 7.11 Å². The van der Waals surface area contributed by atoms with Crippen LogP contribution >= 0.6 is 0 Å². The molecular formula is C24H56N3Si3. The van der Waals surface area contributed by atoms with E-state index in [1.807, 2.05) is 0 Å². The molecule has 0 N–H and O–H groups in total. The third-order valence-corrected chi connectivity index (χ3v) is 41.3. The van der Waals surface area contributed by atoms with Crippen LogP contribution in [0.5, 0.6) is 0 Å². The Hall–Kier alpha value is 0.531. The summed E-state index contributed by atoms with van der Waals surface area (Å²) in [5.41, 5.74) is 0. The molecule has 0 aliphatic carbocycles. The first-order chi connectivity index (χ1) is 14.5. The second kappa shape index (κ2) is 14.6. The fourth-order valence-corrected chi connectivity index (χ4v) is 49.2. The molecule has 1 aliphatic heterocycles. The number of nitrogens with zero attached hydrogens (tertiary/aromatic N) is 3. The summed E-state index contributed by atoms with van der Waals surface area (Å²) in [7, 11) is -3.37. The number of hydrogen-bond acceptors (Lipinski definition) is 3. The zero-order chi connectivity index (χ0) is 22.6. The van der Waals surface area contributed by atoms with Crippen molar-refractivity contribution >= 4 is 23.3 Å². The Labute approximate surface area is 194 Å². The van der Waals surface area contributed by atoms with Gasteiger partial charge in [-0.15, -0.1) is 0 Å². The fourth-order valence-electron chi connectivity index (χ4n) is 6.72. The largest absolute Gasteiger partial charge is 0.255 e. The van der Waals surface area contributed by atoms with E-state index in [2.05, 4.69) is 69.9 Å². The molecule has 0 saturated carbocycles. The normalized spacial score (nSPS) is 20.8. The van der Waals surface area contributed by atoms with Crippen molar-refractivity contribution in [2.24, 2.45) is 0 Å². The Balaban J connectivity index is 3.86. The van der Waals surface area contributed by atoms with Gasteiger partial charge in [-0.05, 0) is 37.4 Å². The van der Waals surface area contributed by atoms with Crippen molar-refractivity contribution in [3.05, 3.63) is 0 Å². The van der Waals surface area contributed by atoms with E-state index in [4.69, 9.17) is 0 Å². The third-order valence-electron chi connectivity index (χ3n) is 7.27. The third kappa shape index (κ3) is 5.71. The van der Waals surface area contributed by atoms with Crippen molar-refractivity contribution in [3.8, 4) is 0 Å². The van der Waals surface area contributed by atoms with Gasteiger partial charge in [-0.3, -0.25) is 9.35 Å². The molecule has 0 spiro atoms. The van der Waals surface area contributed by atoms with Gasteiger partial charge in [-0.2, -0.15) is 5.12 Å². The molecule has 0 unspecified atom stereocenters. The molecule has 0 bridgehead atoms. The van der Waals surface area contributed by atoms with Crippen molar-refractivity contribution in [3.63, 3.8) is 0 Å². The van der Waals surface area contributed by atoms with Gasteiger partial charge in [-0.1, -0.05) is 99.6 Å². The van der Waals surface area contributed by atoms with Gasteiger partial charge in [0, 0.05) is 19.6 Å². The summed E-state index contributed by atoms with van der Waals surface area (Å²) < 4.78 is 6.24. The number of rotatable bonds is 16. The summed E-state index contributed by atoms with van der Waals surface area (Å²) in [4.78, 5) is 0. The highest BCUT2D eigenvalue weighted by Gasteiger charge is 2.66. The van der Waals surface area contributed by atoms with Crippen molar-refractivity contribution in [1.82, 2.24) is 14.5 Å². The Morgan fingerprint density at radius 2 is 1.03 bits per heavy atom. The lowest BCUT2D eigenvalue weighted by Gasteiger charge is -2.67. The molecule has 1 radical (unpaired) electrons. The minimum atomic E-state index is -1.52. The van der Waals surface area contributed by atoms with Gasteiger partial charge in [0.1, 0.15) is 16.2 Å². The quantitative estimate of drug-likeness (QED) is 0.215. The van der Waals surface area contributed by atoms with E-state index < -0.39 is 23.3 Å². The van der Waals surface area contributed by atoms with Gasteiger partial charge in [0.25, 0.3) is 0 Å². The molecule has 0 aromatic heterocycles. The number of hydrazine groups is 2. The van der Waals surface area contributed by atoms with Crippen LogP contribution in [-0.2, 0) is 0 Å². The Kier molecular flexibility index (Phi) is 13.9. The van der Waals surface area contributed by atoms with Crippen LogP contribution in [0.25, 0.3) is 0 Å². The van der Waals surface area contributed by atoms with E-state index in [0.29, 0.717) is 0 Å². The smallest absolute Gasteiger partial charge is 0.145 e. The summed E-state index contributed by atoms with van der Waals surface area (Å²) >= 11 is 0. The van der Waals surface area contributed by atoms with Crippen molar-refractivity contribution in [2.45, 2.75) is 137 Å². The molecule has 0 aromatic carbocycles. The highest BCUT2D eigenvalue weighted by Crippen LogP contribution is 2.47. The van der Waals surface area contributed by atoms with Crippen LogP contribution < -0.4 is 0 Å². The lowest BCUT2D eigenvalue weighted by Crippen LogP contribution is -2.89. The van der Waals surface area contributed by atoms with Crippen LogP contribution in [0.2, 0.25) is 30.2 Å². The van der Waals surface area contributed by atoms with Crippen LogP contribution in [0.4, 0.5) is 0 Å². The van der Waals surface area contributed by atoms with Crippen LogP contribution in [0.3, 0.4) is 0 Å². The highest BCUT2D eigenvalue weighted by atomic mass is 29.6. The first-order valence-electron chi connectivity index (χ1n) is 13.7. The molecule has 0 amide bonds. The second-order valence-corrected chi connectivity index (χ2v) is 30.1. The van der Waals surface area contributed by atoms with Gasteiger partial charge >= 0.3 is 0 Å². The van der Waals surface area contributed by atoms with Crippen LogP contribution in [0.1, 0.15) is 107 Å². The van der Waals surface area contributed by atoms with E-state index in [0.717, 1.165) is 0 Å². The standard InChI is InChI=1S/C24H56N3Si3/c1-9-17-25-26(18-10-2)28(20-12-4)30(23-15-7,24-16-8)29(21-13-5,22-14-6)27(25)19-11-3/h9-24H2,1-8H3. The maximum Gasteiger partial charge on any atom is 0.145 e. The molecule has 0 atom stereocenters. The van der Waals surface area contributed by atoms with Gasteiger partial charge in [0.2, 0.25) is 0 Å². The maximum atomic E-state index is 3.17. The zero-order valence-corrected chi connectivity index (χ0v) is 25.2. The van der Waals surface area contributed by atoms with Gasteiger partial charge in [-0.25, -0.2) is 0 Å². The van der Waals surface area contributed by atoms with Crippen LogP contribution in [0.15, 0.2) is 0 Å². The molecule has 3 nitrogen and oxygen atoms in total. The molecule has 1 rings (SSSR count). The summed E-state index contributed by atoms with van der Waals surface area (Å²) in [6, 6.07) is 7.94. The molecule has 30 heavy (non-hydrogen) atoms. The Morgan fingerprint density at radius 1 is 0.533 bits per heavy atom. The monoisotopic (exact) mass is 470 g/mol. The molecule has 0 aromatic rings. The molecule has 6 heteroatoms. The molecule has 1 fully saturated rings. The second-order valence-electron chi connectivity index (χ2n) is 9.65. The highest BCUT2D eigenvalue weighted by molar-refractivity contribution is 7.64. The average Bonchev–Trinajstić information content (AvgIpc) is 2.72. The summed E-state index contributed by atoms with van der Waals surface area (Å²) in [6.07, 6.45) is 11.0. The maximum absolute atomic E-state index is 3.17. The lowest BCUT2D eigenvalue weighted by atomic mass is 10.5. The first kappa shape index (κ1) is 28.6. The Morgan fingerprint density at radius 3 is 1.43 bits per heavy atom. The zero-order valence-electron chi connectivity index (χ0n) is 22.2. The summed E-state index contributed by atoms with van der Waals surface area (Å²) in [5.74, 6) is 0. The van der Waals surface area contributed by atoms with E-state index >= 15 is 0 Å². The first-order valence-corrected chi connectivity index (χ1v) is 22.2. The van der Waals surface area contributed by atoms with E-state index in [1.54, 1.807) is 30.2 Å². The van der Waals surface area contributed by atoms with E-state index in [-0.39, 0.29) is 0 Å². The van der Waals surface area contributed by atoms with Crippen molar-refractivity contribution in [2.75, 3.05) is 19.6 Å².